The molecule has 2 rings (SSSR count). The van der Waals surface area contributed by atoms with E-state index in [1.54, 1.807) is 0 Å². The maximum Gasteiger partial charge on any atom is 0.245 e. The number of methoxy groups -OCH3 is 1. The van der Waals surface area contributed by atoms with E-state index < -0.39 is 0 Å². The molecule has 0 radical (unpaired) electrons. The van der Waals surface area contributed by atoms with E-state index in [0.717, 1.165) is 29.6 Å². The van der Waals surface area contributed by atoms with Crippen molar-refractivity contribution in [1.82, 2.24) is 5.32 Å². The lowest BCUT2D eigenvalue weighted by atomic mass is 10.2. The summed E-state index contributed by atoms with van der Waals surface area (Å²) in [6.07, 6.45) is 1.68. The molecular weight excluding hydrogens is 230 g/mol. The molecule has 0 saturated carbocycles. The molecule has 0 unspecified atom stereocenters. The Bertz CT molecular complexity index is 485. The quantitative estimate of drug-likeness (QED) is 0.795. The van der Waals surface area contributed by atoms with E-state index in [4.69, 9.17) is 9.15 Å². The zero-order valence-corrected chi connectivity index (χ0v) is 10.4. The zero-order chi connectivity index (χ0) is 12.8. The van der Waals surface area contributed by atoms with Gasteiger partial charge in [-0.3, -0.25) is 4.79 Å². The van der Waals surface area contributed by atoms with E-state index in [1.807, 2.05) is 30.3 Å². The normalized spacial score (nSPS) is 10.7. The summed E-state index contributed by atoms with van der Waals surface area (Å²) >= 11 is 0. The van der Waals surface area contributed by atoms with Crippen LogP contribution in [0.3, 0.4) is 0 Å². The van der Waals surface area contributed by atoms with Crippen molar-refractivity contribution in [2.45, 2.75) is 12.8 Å². The molecule has 4 nitrogen and oxygen atoms in total. The highest BCUT2D eigenvalue weighted by Gasteiger charge is 2.03. The van der Waals surface area contributed by atoms with Crippen molar-refractivity contribution in [2.75, 3.05) is 20.3 Å². The molecule has 0 aliphatic carbocycles. The van der Waals surface area contributed by atoms with Crippen molar-refractivity contribution in [1.29, 1.82) is 0 Å². The molecule has 1 N–H and O–H groups in total. The molecule has 18 heavy (non-hydrogen) atoms. The molecule has 0 fully saturated rings. The first-order valence-corrected chi connectivity index (χ1v) is 6.02. The Balaban J connectivity index is 1.78. The molecular formula is C14H17NO3. The minimum atomic E-state index is -0.0814. The van der Waals surface area contributed by atoms with Crippen LogP contribution in [-0.2, 0) is 16.0 Å². The van der Waals surface area contributed by atoms with Crippen LogP contribution in [0, 0.1) is 0 Å². The number of benzene rings is 1. The van der Waals surface area contributed by atoms with Crippen molar-refractivity contribution in [3.63, 3.8) is 0 Å². The Hall–Kier alpha value is -1.81. The highest BCUT2D eigenvalue weighted by molar-refractivity contribution is 5.78. The van der Waals surface area contributed by atoms with Crippen molar-refractivity contribution in [3.05, 3.63) is 36.1 Å². The highest BCUT2D eigenvalue weighted by atomic mass is 16.5. The summed E-state index contributed by atoms with van der Waals surface area (Å²) in [5.74, 6) is 0.874. The van der Waals surface area contributed by atoms with Crippen LogP contribution in [0.5, 0.6) is 0 Å². The number of amides is 1. The highest BCUT2D eigenvalue weighted by Crippen LogP contribution is 2.19. The lowest BCUT2D eigenvalue weighted by Gasteiger charge is -2.02. The molecule has 0 aliphatic rings. The molecule has 1 aromatic heterocycles. The number of hydrogen-bond donors (Lipinski definition) is 1. The van der Waals surface area contributed by atoms with Crippen molar-refractivity contribution in [2.24, 2.45) is 0 Å². The number of hydrogen-bond acceptors (Lipinski definition) is 3. The molecule has 1 amide bonds. The Morgan fingerprint density at radius 2 is 2.22 bits per heavy atom. The molecule has 4 heteroatoms. The standard InChI is InChI=1S/C14H17NO3/c1-17-10-14(16)15-8-4-6-12-9-11-5-2-3-7-13(11)18-12/h2-3,5,7,9H,4,6,8,10H2,1H3,(H,15,16). The van der Waals surface area contributed by atoms with Gasteiger partial charge in [-0.15, -0.1) is 0 Å². The number of fused-ring (bicyclic) bond motifs is 1. The van der Waals surface area contributed by atoms with E-state index in [9.17, 15) is 4.79 Å². The second-order valence-electron chi connectivity index (χ2n) is 4.14. The lowest BCUT2D eigenvalue weighted by Crippen LogP contribution is -2.28. The fraction of sp³-hybridized carbons (Fsp3) is 0.357. The number of furan rings is 1. The molecule has 1 aromatic carbocycles. The summed E-state index contributed by atoms with van der Waals surface area (Å²) in [6, 6.07) is 9.99. The van der Waals surface area contributed by atoms with E-state index in [2.05, 4.69) is 5.32 Å². The first-order chi connectivity index (χ1) is 8.79. The summed E-state index contributed by atoms with van der Waals surface area (Å²) < 4.78 is 10.4. The summed E-state index contributed by atoms with van der Waals surface area (Å²) in [5.41, 5.74) is 0.913. The van der Waals surface area contributed by atoms with Gasteiger partial charge in [-0.05, 0) is 18.6 Å². The predicted octanol–water partition coefficient (Wildman–Crippen LogP) is 2.13. The summed E-state index contributed by atoms with van der Waals surface area (Å²) in [7, 11) is 1.51. The van der Waals surface area contributed by atoms with Crippen LogP contribution in [0.2, 0.25) is 0 Å². The molecule has 0 aliphatic heterocycles. The second kappa shape index (κ2) is 6.21. The van der Waals surface area contributed by atoms with E-state index >= 15 is 0 Å². The molecule has 0 spiro atoms. The number of rotatable bonds is 6. The van der Waals surface area contributed by atoms with Crippen LogP contribution in [0.25, 0.3) is 11.0 Å². The van der Waals surface area contributed by atoms with Crippen molar-refractivity contribution < 1.29 is 13.9 Å². The Morgan fingerprint density at radius 3 is 3.00 bits per heavy atom. The number of nitrogens with one attached hydrogen (secondary N) is 1. The third-order valence-electron chi connectivity index (χ3n) is 2.67. The van der Waals surface area contributed by atoms with Crippen molar-refractivity contribution >= 4 is 16.9 Å². The Morgan fingerprint density at radius 1 is 1.39 bits per heavy atom. The van der Waals surface area contributed by atoms with Crippen LogP contribution >= 0.6 is 0 Å². The first kappa shape index (κ1) is 12.6. The van der Waals surface area contributed by atoms with Crippen LogP contribution < -0.4 is 5.32 Å². The van der Waals surface area contributed by atoms with Gasteiger partial charge in [-0.25, -0.2) is 0 Å². The average molecular weight is 247 g/mol. The Labute approximate surface area is 106 Å². The number of aryl methyl sites for hydroxylation is 1. The summed E-state index contributed by atoms with van der Waals surface area (Å²) in [5, 5.41) is 3.90. The summed E-state index contributed by atoms with van der Waals surface area (Å²) in [6.45, 7) is 0.754. The van der Waals surface area contributed by atoms with Gasteiger partial charge in [0.15, 0.2) is 0 Å². The number of carbonyl (C=O) groups is 1. The number of carbonyl (C=O) groups excluding carboxylic acids is 1. The SMILES string of the molecule is COCC(=O)NCCCc1cc2ccccc2o1. The van der Waals surface area contributed by atoms with Gasteiger partial charge in [-0.1, -0.05) is 18.2 Å². The van der Waals surface area contributed by atoms with Crippen molar-refractivity contribution in [3.8, 4) is 0 Å². The smallest absolute Gasteiger partial charge is 0.245 e. The van der Waals surface area contributed by atoms with E-state index in [-0.39, 0.29) is 12.5 Å². The Kier molecular flexibility index (Phi) is 4.36. The van der Waals surface area contributed by atoms with Crippen LogP contribution in [0.4, 0.5) is 0 Å². The minimum absolute atomic E-state index is 0.0814. The topological polar surface area (TPSA) is 51.5 Å². The minimum Gasteiger partial charge on any atom is -0.461 e. The van der Waals surface area contributed by atoms with E-state index in [1.165, 1.54) is 7.11 Å². The van der Waals surface area contributed by atoms with Crippen LogP contribution in [0.15, 0.2) is 34.7 Å². The van der Waals surface area contributed by atoms with Crippen LogP contribution in [-0.4, -0.2) is 26.2 Å². The van der Waals surface area contributed by atoms with Gasteiger partial charge in [0, 0.05) is 25.5 Å². The summed E-state index contributed by atoms with van der Waals surface area (Å²) in [4.78, 5) is 11.1. The zero-order valence-electron chi connectivity index (χ0n) is 10.4. The number of ether oxygens (including phenoxy) is 1. The van der Waals surface area contributed by atoms with Gasteiger partial charge < -0.3 is 14.5 Å². The maximum absolute atomic E-state index is 11.1. The molecule has 96 valence electrons. The third kappa shape index (κ3) is 3.34. The lowest BCUT2D eigenvalue weighted by molar-refractivity contribution is -0.124. The van der Waals surface area contributed by atoms with Gasteiger partial charge in [0.1, 0.15) is 18.0 Å². The molecule has 0 atom stereocenters. The van der Waals surface area contributed by atoms with Gasteiger partial charge in [0.25, 0.3) is 0 Å². The van der Waals surface area contributed by atoms with Gasteiger partial charge >= 0.3 is 0 Å². The predicted molar refractivity (Wildman–Crippen MR) is 69.4 cm³/mol. The monoisotopic (exact) mass is 247 g/mol. The fourth-order valence-corrected chi connectivity index (χ4v) is 1.83. The molecule has 1 heterocycles. The largest absolute Gasteiger partial charge is 0.461 e. The third-order valence-corrected chi connectivity index (χ3v) is 2.67. The number of para-hydroxylation sites is 1. The molecule has 0 saturated heterocycles. The first-order valence-electron chi connectivity index (χ1n) is 6.02. The van der Waals surface area contributed by atoms with Crippen LogP contribution in [0.1, 0.15) is 12.2 Å². The van der Waals surface area contributed by atoms with Gasteiger partial charge in [0.2, 0.25) is 5.91 Å². The molecule has 0 bridgehead atoms. The maximum atomic E-state index is 11.1. The van der Waals surface area contributed by atoms with Gasteiger partial charge in [-0.2, -0.15) is 0 Å². The fourth-order valence-electron chi connectivity index (χ4n) is 1.83. The molecule has 2 aromatic rings. The second-order valence-corrected chi connectivity index (χ2v) is 4.14. The van der Waals surface area contributed by atoms with Gasteiger partial charge in [0.05, 0.1) is 0 Å². The average Bonchev–Trinajstić information content (AvgIpc) is 2.77. The van der Waals surface area contributed by atoms with E-state index in [0.29, 0.717) is 6.54 Å².